The number of fused-ring (bicyclic) bond motifs is 1. The van der Waals surface area contributed by atoms with Crippen molar-refractivity contribution in [2.45, 2.75) is 6.42 Å². The molecule has 0 amide bonds. The largest absolute Gasteiger partial charge is 0.382 e. The fraction of sp³-hybridized carbons (Fsp3) is 0.273. The number of likely N-dealkylation sites (N-methyl/N-ethyl adjacent to an activating group) is 1. The Morgan fingerprint density at radius 3 is 2.77 bits per heavy atom. The minimum atomic E-state index is 0. The standard InChI is InChI=1S/C11H12N.Zr/c1-12(2)11-7-9-5-3-4-6-10(9)8-11;/h3,5-6,8H,7H2,1-2H3;/q-1;. The van der Waals surface area contributed by atoms with Crippen molar-refractivity contribution in [3.05, 3.63) is 41.1 Å². The third-order valence-electron chi connectivity index (χ3n) is 2.26. The number of allylic oxidation sites excluding steroid dienone is 1. The molecule has 1 nitrogen and oxygen atoms in total. The normalized spacial score (nSPS) is 12.9. The second-order valence-corrected chi connectivity index (χ2v) is 3.33. The molecule has 0 aromatic heterocycles. The minimum absolute atomic E-state index is 0. The van der Waals surface area contributed by atoms with Crippen molar-refractivity contribution in [3.63, 3.8) is 0 Å². The summed E-state index contributed by atoms with van der Waals surface area (Å²) in [7, 11) is 4.17. The Morgan fingerprint density at radius 1 is 1.38 bits per heavy atom. The molecule has 1 aromatic carbocycles. The SMILES string of the molecule is CN(C)C1=Cc2c[c-]ccc2C1.[Zr]. The number of hydrogen-bond donors (Lipinski definition) is 0. The molecule has 1 aliphatic rings. The smallest absolute Gasteiger partial charge is 0.00578 e. The van der Waals surface area contributed by atoms with E-state index >= 15 is 0 Å². The Morgan fingerprint density at radius 2 is 2.15 bits per heavy atom. The van der Waals surface area contributed by atoms with Crippen molar-refractivity contribution in [1.29, 1.82) is 0 Å². The van der Waals surface area contributed by atoms with Gasteiger partial charge in [-0.25, -0.2) is 0 Å². The molecular formula is C11H12NZr-. The van der Waals surface area contributed by atoms with Gasteiger partial charge in [-0.2, -0.15) is 24.3 Å². The predicted molar refractivity (Wildman–Crippen MR) is 50.6 cm³/mol. The Labute approximate surface area is 98.6 Å². The molecule has 0 atom stereocenters. The molecule has 0 spiro atoms. The van der Waals surface area contributed by atoms with Gasteiger partial charge in [-0.3, -0.25) is 0 Å². The van der Waals surface area contributed by atoms with E-state index in [2.05, 4.69) is 37.2 Å². The van der Waals surface area contributed by atoms with E-state index in [1.807, 2.05) is 12.1 Å². The van der Waals surface area contributed by atoms with Gasteiger partial charge in [0.1, 0.15) is 0 Å². The monoisotopic (exact) mass is 248 g/mol. The number of benzene rings is 1. The van der Waals surface area contributed by atoms with E-state index in [1.165, 1.54) is 16.8 Å². The molecule has 0 saturated carbocycles. The van der Waals surface area contributed by atoms with Crippen LogP contribution in [0.5, 0.6) is 0 Å². The zero-order valence-electron chi connectivity index (χ0n) is 7.96. The molecular weight excluding hydrogens is 237 g/mol. The minimum Gasteiger partial charge on any atom is -0.382 e. The van der Waals surface area contributed by atoms with Gasteiger partial charge in [-0.1, -0.05) is 6.08 Å². The van der Waals surface area contributed by atoms with E-state index < -0.39 is 0 Å². The summed E-state index contributed by atoms with van der Waals surface area (Å²) < 4.78 is 0. The van der Waals surface area contributed by atoms with Crippen LogP contribution in [-0.4, -0.2) is 19.0 Å². The van der Waals surface area contributed by atoms with Crippen LogP contribution in [0.3, 0.4) is 0 Å². The van der Waals surface area contributed by atoms with Crippen molar-refractivity contribution in [1.82, 2.24) is 4.90 Å². The first kappa shape index (κ1) is 10.7. The van der Waals surface area contributed by atoms with Gasteiger partial charge < -0.3 is 4.90 Å². The Bertz CT molecular complexity index is 329. The molecule has 0 saturated heterocycles. The van der Waals surface area contributed by atoms with Crippen molar-refractivity contribution in [2.75, 3.05) is 14.1 Å². The van der Waals surface area contributed by atoms with Gasteiger partial charge in [-0.15, -0.1) is 11.1 Å². The second-order valence-electron chi connectivity index (χ2n) is 3.33. The van der Waals surface area contributed by atoms with Crippen LogP contribution in [0.1, 0.15) is 11.1 Å². The van der Waals surface area contributed by atoms with Crippen LogP contribution in [-0.2, 0) is 32.6 Å². The predicted octanol–water partition coefficient (Wildman–Crippen LogP) is 1.94. The first-order chi connectivity index (χ1) is 5.77. The van der Waals surface area contributed by atoms with Crippen LogP contribution in [0.25, 0.3) is 6.08 Å². The fourth-order valence-electron chi connectivity index (χ4n) is 1.48. The summed E-state index contributed by atoms with van der Waals surface area (Å²) in [6.07, 6.45) is 3.29. The van der Waals surface area contributed by atoms with E-state index in [0.717, 1.165) is 6.42 Å². The average molecular weight is 249 g/mol. The average Bonchev–Trinajstić information content (AvgIpc) is 2.46. The van der Waals surface area contributed by atoms with Crippen LogP contribution in [0, 0.1) is 6.07 Å². The first-order valence-electron chi connectivity index (χ1n) is 4.14. The third kappa shape index (κ3) is 2.11. The van der Waals surface area contributed by atoms with E-state index in [1.54, 1.807) is 0 Å². The van der Waals surface area contributed by atoms with E-state index in [4.69, 9.17) is 0 Å². The zero-order chi connectivity index (χ0) is 8.55. The fourth-order valence-corrected chi connectivity index (χ4v) is 1.48. The number of hydrogen-bond acceptors (Lipinski definition) is 1. The van der Waals surface area contributed by atoms with Crippen LogP contribution < -0.4 is 0 Å². The van der Waals surface area contributed by atoms with Crippen molar-refractivity contribution in [2.24, 2.45) is 0 Å². The molecule has 0 radical (unpaired) electrons. The van der Waals surface area contributed by atoms with Gasteiger partial charge in [0.2, 0.25) is 0 Å². The van der Waals surface area contributed by atoms with Crippen LogP contribution >= 0.6 is 0 Å². The summed E-state index contributed by atoms with van der Waals surface area (Å²) in [4.78, 5) is 2.17. The zero-order valence-corrected chi connectivity index (χ0v) is 10.4. The van der Waals surface area contributed by atoms with E-state index in [-0.39, 0.29) is 26.2 Å². The van der Waals surface area contributed by atoms with Gasteiger partial charge in [0, 0.05) is 46.0 Å². The van der Waals surface area contributed by atoms with Crippen molar-refractivity contribution in [3.8, 4) is 0 Å². The van der Waals surface area contributed by atoms with Crippen LogP contribution in [0.15, 0.2) is 23.9 Å². The summed E-state index contributed by atoms with van der Waals surface area (Å²) in [5.41, 5.74) is 4.11. The van der Waals surface area contributed by atoms with E-state index in [0.29, 0.717) is 0 Å². The second kappa shape index (κ2) is 4.24. The van der Waals surface area contributed by atoms with Gasteiger partial charge in [0.15, 0.2) is 0 Å². The molecule has 0 fully saturated rings. The van der Waals surface area contributed by atoms with Gasteiger partial charge in [0.05, 0.1) is 0 Å². The molecule has 1 aliphatic carbocycles. The molecule has 2 rings (SSSR count). The summed E-state index contributed by atoms with van der Waals surface area (Å²) in [6, 6.07) is 9.26. The molecule has 0 unspecified atom stereocenters. The Balaban J connectivity index is 0.000000845. The number of rotatable bonds is 1. The van der Waals surface area contributed by atoms with Crippen molar-refractivity contribution >= 4 is 6.08 Å². The van der Waals surface area contributed by atoms with E-state index in [9.17, 15) is 0 Å². The Kier molecular flexibility index (Phi) is 3.49. The summed E-state index contributed by atoms with van der Waals surface area (Å²) in [6.45, 7) is 0. The molecule has 66 valence electrons. The number of nitrogens with zero attached hydrogens (tertiary/aromatic N) is 1. The van der Waals surface area contributed by atoms with Gasteiger partial charge in [-0.05, 0) is 6.42 Å². The van der Waals surface area contributed by atoms with Gasteiger partial charge in [0.25, 0.3) is 0 Å². The van der Waals surface area contributed by atoms with Crippen LogP contribution in [0.4, 0.5) is 0 Å². The third-order valence-corrected chi connectivity index (χ3v) is 2.26. The summed E-state index contributed by atoms with van der Waals surface area (Å²) in [5.74, 6) is 0. The Hall–Kier alpha value is -0.357. The molecule has 2 heteroatoms. The maximum absolute atomic E-state index is 3.09. The molecule has 0 aliphatic heterocycles. The van der Waals surface area contributed by atoms with Crippen molar-refractivity contribution < 1.29 is 26.2 Å². The quantitative estimate of drug-likeness (QED) is 0.688. The summed E-state index contributed by atoms with van der Waals surface area (Å²) in [5, 5.41) is 0. The maximum Gasteiger partial charge on any atom is 0.00578 e. The molecule has 0 heterocycles. The van der Waals surface area contributed by atoms with Crippen LogP contribution in [0.2, 0.25) is 0 Å². The molecule has 1 aromatic rings. The molecule has 0 N–H and O–H groups in total. The topological polar surface area (TPSA) is 3.24 Å². The first-order valence-corrected chi connectivity index (χ1v) is 4.14. The van der Waals surface area contributed by atoms with Gasteiger partial charge >= 0.3 is 0 Å². The maximum atomic E-state index is 3.09. The molecule has 13 heavy (non-hydrogen) atoms. The summed E-state index contributed by atoms with van der Waals surface area (Å²) >= 11 is 0. The molecule has 0 bridgehead atoms.